The maximum Gasteiger partial charge on any atom is 0.0665 e. The van der Waals surface area contributed by atoms with Crippen molar-refractivity contribution in [2.45, 2.75) is 31.7 Å². The lowest BCUT2D eigenvalue weighted by Gasteiger charge is -2.31. The van der Waals surface area contributed by atoms with E-state index in [-0.39, 0.29) is 5.54 Å². The van der Waals surface area contributed by atoms with Gasteiger partial charge in [-0.15, -0.1) is 0 Å². The van der Waals surface area contributed by atoms with Crippen molar-refractivity contribution in [1.29, 1.82) is 0 Å². The van der Waals surface area contributed by atoms with Crippen molar-refractivity contribution in [3.05, 3.63) is 71.8 Å². The standard InChI is InChI=1S/C17H21N/c1-2-3-14-17(18,15-10-6-4-7-11-15)16-12-8-5-9-13-16/h4-13H,2-3,14,18H2,1H3. The third-order valence-electron chi connectivity index (χ3n) is 3.50. The second-order valence-electron chi connectivity index (χ2n) is 4.81. The van der Waals surface area contributed by atoms with E-state index in [1.807, 2.05) is 12.1 Å². The van der Waals surface area contributed by atoms with E-state index in [1.165, 1.54) is 17.5 Å². The summed E-state index contributed by atoms with van der Waals surface area (Å²) in [6.07, 6.45) is 3.29. The SMILES string of the molecule is CCCCC(N)(c1ccccc1)c1ccccc1. The zero-order chi connectivity index (χ0) is 12.8. The van der Waals surface area contributed by atoms with E-state index in [0.717, 1.165) is 12.8 Å². The Hall–Kier alpha value is -1.60. The van der Waals surface area contributed by atoms with Gasteiger partial charge >= 0.3 is 0 Å². The fraction of sp³-hybridized carbons (Fsp3) is 0.294. The van der Waals surface area contributed by atoms with Gasteiger partial charge in [-0.3, -0.25) is 0 Å². The maximum atomic E-state index is 6.73. The molecule has 0 unspecified atom stereocenters. The number of hydrogen-bond donors (Lipinski definition) is 1. The van der Waals surface area contributed by atoms with Gasteiger partial charge in [0.2, 0.25) is 0 Å². The zero-order valence-electron chi connectivity index (χ0n) is 11.0. The van der Waals surface area contributed by atoms with Crippen molar-refractivity contribution in [3.8, 4) is 0 Å². The molecule has 0 spiro atoms. The van der Waals surface area contributed by atoms with Gasteiger partial charge in [0, 0.05) is 0 Å². The zero-order valence-corrected chi connectivity index (χ0v) is 11.0. The molecule has 94 valence electrons. The van der Waals surface area contributed by atoms with Gasteiger partial charge in [-0.1, -0.05) is 80.4 Å². The Morgan fingerprint density at radius 3 is 1.67 bits per heavy atom. The molecule has 2 aromatic carbocycles. The van der Waals surface area contributed by atoms with Crippen LogP contribution in [0.5, 0.6) is 0 Å². The molecule has 0 aliphatic rings. The molecular formula is C17H21N. The van der Waals surface area contributed by atoms with Crippen LogP contribution < -0.4 is 5.73 Å². The molecule has 0 aliphatic heterocycles. The van der Waals surface area contributed by atoms with Crippen molar-refractivity contribution < 1.29 is 0 Å². The third-order valence-corrected chi connectivity index (χ3v) is 3.50. The molecule has 0 saturated heterocycles. The first-order valence-corrected chi connectivity index (χ1v) is 6.67. The van der Waals surface area contributed by atoms with E-state index < -0.39 is 0 Å². The Morgan fingerprint density at radius 1 is 0.833 bits per heavy atom. The van der Waals surface area contributed by atoms with Crippen molar-refractivity contribution in [2.75, 3.05) is 0 Å². The maximum absolute atomic E-state index is 6.73. The molecule has 0 saturated carbocycles. The minimum Gasteiger partial charge on any atom is -0.318 e. The van der Waals surface area contributed by atoms with Crippen molar-refractivity contribution in [1.82, 2.24) is 0 Å². The number of hydrogen-bond acceptors (Lipinski definition) is 1. The molecule has 0 amide bonds. The van der Waals surface area contributed by atoms with E-state index >= 15 is 0 Å². The summed E-state index contributed by atoms with van der Waals surface area (Å²) >= 11 is 0. The van der Waals surface area contributed by atoms with Crippen molar-refractivity contribution >= 4 is 0 Å². The number of benzene rings is 2. The number of rotatable bonds is 5. The lowest BCUT2D eigenvalue weighted by Crippen LogP contribution is -2.37. The average Bonchev–Trinajstić information content (AvgIpc) is 2.46. The second-order valence-corrected chi connectivity index (χ2v) is 4.81. The topological polar surface area (TPSA) is 26.0 Å². The van der Waals surface area contributed by atoms with E-state index in [0.29, 0.717) is 0 Å². The Balaban J connectivity index is 2.41. The van der Waals surface area contributed by atoms with Gasteiger partial charge in [0.05, 0.1) is 5.54 Å². The molecule has 18 heavy (non-hydrogen) atoms. The molecule has 0 fully saturated rings. The summed E-state index contributed by atoms with van der Waals surface area (Å²) in [6, 6.07) is 20.8. The predicted octanol–water partition coefficient (Wildman–Crippen LogP) is 4.08. The minimum atomic E-state index is -0.363. The molecule has 1 heteroatoms. The van der Waals surface area contributed by atoms with Crippen LogP contribution in [0.4, 0.5) is 0 Å². The summed E-state index contributed by atoms with van der Waals surface area (Å²) in [5, 5.41) is 0. The highest BCUT2D eigenvalue weighted by Crippen LogP contribution is 2.31. The van der Waals surface area contributed by atoms with Crippen LogP contribution in [-0.4, -0.2) is 0 Å². The summed E-state index contributed by atoms with van der Waals surface area (Å²) in [5.41, 5.74) is 8.76. The normalized spacial score (nSPS) is 11.4. The van der Waals surface area contributed by atoms with Gasteiger partial charge in [0.25, 0.3) is 0 Å². The van der Waals surface area contributed by atoms with Crippen molar-refractivity contribution in [2.24, 2.45) is 5.73 Å². The molecule has 0 aliphatic carbocycles. The van der Waals surface area contributed by atoms with Gasteiger partial charge < -0.3 is 5.73 Å². The van der Waals surface area contributed by atoms with Crippen LogP contribution in [0.3, 0.4) is 0 Å². The van der Waals surface area contributed by atoms with Crippen molar-refractivity contribution in [3.63, 3.8) is 0 Å². The lowest BCUT2D eigenvalue weighted by atomic mass is 9.80. The number of nitrogens with two attached hydrogens (primary N) is 1. The first kappa shape index (κ1) is 12.8. The fourth-order valence-corrected chi connectivity index (χ4v) is 2.38. The molecule has 0 aromatic heterocycles. The van der Waals surface area contributed by atoms with Gasteiger partial charge in [-0.25, -0.2) is 0 Å². The molecule has 0 heterocycles. The first-order chi connectivity index (χ1) is 8.77. The van der Waals surface area contributed by atoms with E-state index in [9.17, 15) is 0 Å². The molecule has 0 bridgehead atoms. The largest absolute Gasteiger partial charge is 0.318 e. The number of unbranched alkanes of at least 4 members (excludes halogenated alkanes) is 1. The third kappa shape index (κ3) is 2.62. The van der Waals surface area contributed by atoms with Crippen LogP contribution in [0.1, 0.15) is 37.3 Å². The van der Waals surface area contributed by atoms with Gasteiger partial charge in [-0.05, 0) is 17.5 Å². The Kier molecular flexibility index (Phi) is 4.16. The fourth-order valence-electron chi connectivity index (χ4n) is 2.38. The average molecular weight is 239 g/mol. The monoisotopic (exact) mass is 239 g/mol. The Bertz CT molecular complexity index is 422. The van der Waals surface area contributed by atoms with Crippen LogP contribution in [0.2, 0.25) is 0 Å². The smallest absolute Gasteiger partial charge is 0.0665 e. The Morgan fingerprint density at radius 2 is 1.28 bits per heavy atom. The molecule has 2 rings (SSSR count). The quantitative estimate of drug-likeness (QED) is 0.836. The van der Waals surface area contributed by atoms with Gasteiger partial charge in [-0.2, -0.15) is 0 Å². The van der Waals surface area contributed by atoms with Crippen LogP contribution in [0.15, 0.2) is 60.7 Å². The van der Waals surface area contributed by atoms with Gasteiger partial charge in [0.15, 0.2) is 0 Å². The Labute approximate surface area is 110 Å². The highest BCUT2D eigenvalue weighted by Gasteiger charge is 2.28. The molecule has 2 aromatic rings. The first-order valence-electron chi connectivity index (χ1n) is 6.67. The molecular weight excluding hydrogens is 218 g/mol. The molecule has 0 radical (unpaired) electrons. The van der Waals surface area contributed by atoms with E-state index in [2.05, 4.69) is 55.5 Å². The highest BCUT2D eigenvalue weighted by molar-refractivity contribution is 5.37. The predicted molar refractivity (Wildman–Crippen MR) is 77.4 cm³/mol. The van der Waals surface area contributed by atoms with E-state index in [1.54, 1.807) is 0 Å². The summed E-state index contributed by atoms with van der Waals surface area (Å²) in [4.78, 5) is 0. The van der Waals surface area contributed by atoms with Gasteiger partial charge in [0.1, 0.15) is 0 Å². The van der Waals surface area contributed by atoms with Crippen LogP contribution in [-0.2, 0) is 5.54 Å². The highest BCUT2D eigenvalue weighted by atomic mass is 14.7. The minimum absolute atomic E-state index is 0.363. The molecule has 1 nitrogen and oxygen atoms in total. The van der Waals surface area contributed by atoms with E-state index in [4.69, 9.17) is 5.73 Å². The van der Waals surface area contributed by atoms with Crippen LogP contribution in [0.25, 0.3) is 0 Å². The van der Waals surface area contributed by atoms with Crippen LogP contribution in [0, 0.1) is 0 Å². The summed E-state index contributed by atoms with van der Waals surface area (Å²) in [5.74, 6) is 0. The summed E-state index contributed by atoms with van der Waals surface area (Å²) in [7, 11) is 0. The molecule has 2 N–H and O–H groups in total. The summed E-state index contributed by atoms with van der Waals surface area (Å²) in [6.45, 7) is 2.20. The van der Waals surface area contributed by atoms with Crippen LogP contribution >= 0.6 is 0 Å². The second kappa shape index (κ2) is 5.83. The molecule has 0 atom stereocenters. The lowest BCUT2D eigenvalue weighted by molar-refractivity contribution is 0.469. The summed E-state index contributed by atoms with van der Waals surface area (Å²) < 4.78 is 0.